The first-order chi connectivity index (χ1) is 17.0. The maximum absolute atomic E-state index is 13.7. The minimum Gasteiger partial charge on any atom is -0.424 e. The number of hydrogen-bond donors (Lipinski definition) is 1. The zero-order chi connectivity index (χ0) is 24.8. The van der Waals surface area contributed by atoms with Gasteiger partial charge in [0.2, 0.25) is 0 Å². The summed E-state index contributed by atoms with van der Waals surface area (Å²) in [5, 5.41) is 2.78. The number of esters is 1. The second-order valence-electron chi connectivity index (χ2n) is 7.71. The molecule has 0 fully saturated rings. The molecule has 0 radical (unpaired) electrons. The molecule has 35 heavy (non-hydrogen) atoms. The summed E-state index contributed by atoms with van der Waals surface area (Å²) < 4.78 is 6.92. The Morgan fingerprint density at radius 3 is 2.14 bits per heavy atom. The molecule has 0 aliphatic rings. The van der Waals surface area contributed by atoms with Gasteiger partial charge in [0.25, 0.3) is 11.5 Å². The minimum absolute atomic E-state index is 0.00535. The molecule has 0 aliphatic heterocycles. The second kappa shape index (κ2) is 10.5. The number of pyridine rings is 1. The molecular weight excluding hydrogens is 442 g/mol. The van der Waals surface area contributed by atoms with Crippen LogP contribution in [0.4, 0.5) is 17.2 Å². The van der Waals surface area contributed by atoms with Crippen molar-refractivity contribution in [1.82, 2.24) is 4.57 Å². The van der Waals surface area contributed by atoms with Crippen molar-refractivity contribution in [2.75, 3.05) is 16.8 Å². The third-order valence-electron chi connectivity index (χ3n) is 5.35. The molecule has 1 heterocycles. The van der Waals surface area contributed by atoms with Gasteiger partial charge < -0.3 is 15.0 Å². The number of aromatic nitrogens is 1. The van der Waals surface area contributed by atoms with Gasteiger partial charge in [0.15, 0.2) is 5.75 Å². The molecule has 1 amide bonds. The van der Waals surface area contributed by atoms with Crippen LogP contribution in [-0.2, 0) is 4.79 Å². The highest BCUT2D eigenvalue weighted by atomic mass is 16.5. The molecule has 1 aromatic heterocycles. The second-order valence-corrected chi connectivity index (χ2v) is 7.71. The van der Waals surface area contributed by atoms with Gasteiger partial charge in [0.1, 0.15) is 11.4 Å². The van der Waals surface area contributed by atoms with Crippen LogP contribution in [0.5, 0.6) is 5.75 Å². The van der Waals surface area contributed by atoms with Crippen LogP contribution in [-0.4, -0.2) is 23.0 Å². The van der Waals surface area contributed by atoms with E-state index in [2.05, 4.69) is 5.32 Å². The molecule has 0 unspecified atom stereocenters. The van der Waals surface area contributed by atoms with E-state index in [9.17, 15) is 14.4 Å². The number of rotatable bonds is 7. The first-order valence-corrected chi connectivity index (χ1v) is 11.2. The Labute approximate surface area is 203 Å². The van der Waals surface area contributed by atoms with E-state index in [0.717, 1.165) is 0 Å². The summed E-state index contributed by atoms with van der Waals surface area (Å²) in [5.74, 6) is -0.0398. The fourth-order valence-electron chi connectivity index (χ4n) is 3.84. The number of nitrogens with zero attached hydrogens (tertiary/aromatic N) is 2. The van der Waals surface area contributed by atoms with Gasteiger partial charge in [-0.1, -0.05) is 48.5 Å². The number of carbonyl (C=O) groups excluding carboxylic acids is 2. The van der Waals surface area contributed by atoms with Crippen molar-refractivity contribution in [3.8, 4) is 11.4 Å². The number of ether oxygens (including phenoxy) is 1. The smallest absolute Gasteiger partial charge is 0.308 e. The lowest BCUT2D eigenvalue weighted by atomic mass is 10.2. The fourth-order valence-corrected chi connectivity index (χ4v) is 3.84. The molecular formula is C28H25N3O4. The summed E-state index contributed by atoms with van der Waals surface area (Å²) in [5.41, 5.74) is 1.36. The van der Waals surface area contributed by atoms with E-state index in [1.165, 1.54) is 17.6 Å². The molecule has 0 atom stereocenters. The van der Waals surface area contributed by atoms with Gasteiger partial charge >= 0.3 is 5.97 Å². The molecule has 4 rings (SSSR count). The SMILES string of the molecule is CCN(c1ccccc1OC(C)=O)c1ccc(C(=O)Nc2ccccc2)c(=O)n1-c1ccccc1. The summed E-state index contributed by atoms with van der Waals surface area (Å²) in [6, 6.07) is 28.4. The zero-order valence-electron chi connectivity index (χ0n) is 19.5. The standard InChI is InChI=1S/C28H25N3O4/c1-3-30(24-16-10-11-17-25(24)35-20(2)32)26-19-18-23(27(33)29-21-12-6-4-7-13-21)28(34)31(26)22-14-8-5-9-15-22/h4-19H,3H2,1-2H3,(H,29,33). The van der Waals surface area contributed by atoms with E-state index >= 15 is 0 Å². The van der Waals surface area contributed by atoms with Gasteiger partial charge in [-0.15, -0.1) is 0 Å². The normalized spacial score (nSPS) is 10.5. The highest BCUT2D eigenvalue weighted by Gasteiger charge is 2.22. The lowest BCUT2D eigenvalue weighted by Gasteiger charge is -2.28. The molecule has 0 aliphatic carbocycles. The van der Waals surface area contributed by atoms with Crippen molar-refractivity contribution < 1.29 is 14.3 Å². The third-order valence-corrected chi connectivity index (χ3v) is 5.35. The third kappa shape index (κ3) is 5.14. The van der Waals surface area contributed by atoms with Crippen molar-refractivity contribution in [3.05, 3.63) is 113 Å². The van der Waals surface area contributed by atoms with E-state index in [0.29, 0.717) is 35.2 Å². The predicted octanol–water partition coefficient (Wildman–Crippen LogP) is 5.17. The fraction of sp³-hybridized carbons (Fsp3) is 0.107. The van der Waals surface area contributed by atoms with E-state index in [1.54, 1.807) is 54.6 Å². The molecule has 0 saturated carbocycles. The number of carbonyl (C=O) groups is 2. The highest BCUT2D eigenvalue weighted by molar-refractivity contribution is 6.04. The number of anilines is 3. The number of hydrogen-bond acceptors (Lipinski definition) is 5. The summed E-state index contributed by atoms with van der Waals surface area (Å²) in [6.07, 6.45) is 0. The van der Waals surface area contributed by atoms with Crippen LogP contribution < -0.4 is 20.5 Å². The Morgan fingerprint density at radius 1 is 0.857 bits per heavy atom. The molecule has 4 aromatic rings. The molecule has 3 aromatic carbocycles. The molecule has 0 spiro atoms. The van der Waals surface area contributed by atoms with Gasteiger partial charge in [-0.25, -0.2) is 0 Å². The Kier molecular flexibility index (Phi) is 7.07. The summed E-state index contributed by atoms with van der Waals surface area (Å²) in [7, 11) is 0. The summed E-state index contributed by atoms with van der Waals surface area (Å²) in [4.78, 5) is 40.3. The largest absolute Gasteiger partial charge is 0.424 e. The van der Waals surface area contributed by atoms with Crippen molar-refractivity contribution in [2.24, 2.45) is 0 Å². The lowest BCUT2D eigenvalue weighted by molar-refractivity contribution is -0.131. The zero-order valence-corrected chi connectivity index (χ0v) is 19.5. The van der Waals surface area contributed by atoms with Crippen LogP contribution in [0, 0.1) is 0 Å². The molecule has 7 nitrogen and oxygen atoms in total. The Hall–Kier alpha value is -4.65. The lowest BCUT2D eigenvalue weighted by Crippen LogP contribution is -2.32. The quantitative estimate of drug-likeness (QED) is 0.299. The van der Waals surface area contributed by atoms with Crippen LogP contribution in [0.3, 0.4) is 0 Å². The minimum atomic E-state index is -0.499. The predicted molar refractivity (Wildman–Crippen MR) is 137 cm³/mol. The van der Waals surface area contributed by atoms with Crippen LogP contribution >= 0.6 is 0 Å². The molecule has 7 heteroatoms. The average molecular weight is 468 g/mol. The number of benzene rings is 3. The first kappa shape index (κ1) is 23.5. The van der Waals surface area contributed by atoms with E-state index < -0.39 is 17.4 Å². The highest BCUT2D eigenvalue weighted by Crippen LogP contribution is 2.34. The van der Waals surface area contributed by atoms with Crippen molar-refractivity contribution in [2.45, 2.75) is 13.8 Å². The molecule has 0 bridgehead atoms. The molecule has 0 saturated heterocycles. The average Bonchev–Trinajstić information content (AvgIpc) is 2.86. The van der Waals surface area contributed by atoms with Crippen molar-refractivity contribution >= 4 is 29.1 Å². The van der Waals surface area contributed by atoms with Crippen LogP contribution in [0.25, 0.3) is 5.69 Å². The molecule has 1 N–H and O–H groups in total. The monoisotopic (exact) mass is 467 g/mol. The van der Waals surface area contributed by atoms with Crippen LogP contribution in [0.1, 0.15) is 24.2 Å². The maximum atomic E-state index is 13.7. The number of nitrogens with one attached hydrogen (secondary N) is 1. The summed E-state index contributed by atoms with van der Waals surface area (Å²) >= 11 is 0. The number of amides is 1. The number of para-hydroxylation sites is 4. The van der Waals surface area contributed by atoms with Gasteiger partial charge in [-0.3, -0.25) is 19.0 Å². The van der Waals surface area contributed by atoms with Gasteiger partial charge in [-0.2, -0.15) is 0 Å². The topological polar surface area (TPSA) is 80.6 Å². The maximum Gasteiger partial charge on any atom is 0.308 e. The Bertz CT molecular complexity index is 1400. The Morgan fingerprint density at radius 2 is 1.49 bits per heavy atom. The van der Waals surface area contributed by atoms with Crippen LogP contribution in [0.2, 0.25) is 0 Å². The van der Waals surface area contributed by atoms with Gasteiger partial charge in [0, 0.05) is 19.2 Å². The van der Waals surface area contributed by atoms with Gasteiger partial charge in [0.05, 0.1) is 11.4 Å². The van der Waals surface area contributed by atoms with Gasteiger partial charge in [-0.05, 0) is 55.5 Å². The van der Waals surface area contributed by atoms with Crippen molar-refractivity contribution in [3.63, 3.8) is 0 Å². The summed E-state index contributed by atoms with van der Waals surface area (Å²) in [6.45, 7) is 3.74. The van der Waals surface area contributed by atoms with Crippen molar-refractivity contribution in [1.29, 1.82) is 0 Å². The Balaban J connectivity index is 1.86. The molecule has 176 valence electrons. The first-order valence-electron chi connectivity index (χ1n) is 11.2. The van der Waals surface area contributed by atoms with E-state index in [-0.39, 0.29) is 5.56 Å². The van der Waals surface area contributed by atoms with E-state index in [4.69, 9.17) is 4.74 Å². The van der Waals surface area contributed by atoms with Crippen LogP contribution in [0.15, 0.2) is 102 Å². The van der Waals surface area contributed by atoms with E-state index in [1.807, 2.05) is 48.2 Å².